The van der Waals surface area contributed by atoms with Gasteiger partial charge in [-0.1, -0.05) is 49.9 Å². The van der Waals surface area contributed by atoms with Crippen LogP contribution in [0.4, 0.5) is 0 Å². The number of hydrogen-bond acceptors (Lipinski definition) is 3. The van der Waals surface area contributed by atoms with Crippen molar-refractivity contribution in [2.75, 3.05) is 6.26 Å². The molecule has 1 aliphatic rings. The third-order valence-electron chi connectivity index (χ3n) is 4.67. The molecule has 2 aromatic rings. The molecule has 1 heterocycles. The van der Waals surface area contributed by atoms with Crippen molar-refractivity contribution in [1.29, 1.82) is 0 Å². The highest BCUT2D eigenvalue weighted by Gasteiger charge is 2.37. The number of rotatable bonds is 2. The number of benzene rings is 1. The van der Waals surface area contributed by atoms with E-state index in [9.17, 15) is 4.79 Å². The quantitative estimate of drug-likeness (QED) is 0.630. The minimum atomic E-state index is -0.136. The fourth-order valence-corrected chi connectivity index (χ4v) is 3.76. The first-order valence-corrected chi connectivity index (χ1v) is 8.48. The normalized spacial score (nSPS) is 20.0. The molecule has 21 heavy (non-hydrogen) atoms. The predicted molar refractivity (Wildman–Crippen MR) is 88.0 cm³/mol. The lowest BCUT2D eigenvalue weighted by Gasteiger charge is -2.35. The summed E-state index contributed by atoms with van der Waals surface area (Å²) in [6, 6.07) is 8.33. The maximum atomic E-state index is 12.9. The molecule has 0 fully saturated rings. The van der Waals surface area contributed by atoms with Gasteiger partial charge in [-0.15, -0.1) is 0 Å². The lowest BCUT2D eigenvalue weighted by molar-refractivity contribution is 0.433. The fraction of sp³-hybridized carbons (Fsp3) is 0.412. The molecule has 0 spiro atoms. The van der Waals surface area contributed by atoms with Gasteiger partial charge in [0.1, 0.15) is 0 Å². The molecule has 3 rings (SSSR count). The second-order valence-electron chi connectivity index (χ2n) is 5.93. The zero-order valence-corrected chi connectivity index (χ0v) is 13.8. The molecule has 1 aromatic carbocycles. The number of hydrogen-bond donors (Lipinski definition) is 0. The van der Waals surface area contributed by atoms with Crippen molar-refractivity contribution in [3.8, 4) is 11.3 Å². The number of aromatic nitrogens is 2. The molecule has 1 aromatic heterocycles. The molecule has 1 aliphatic carbocycles. The van der Waals surface area contributed by atoms with E-state index in [2.05, 4.69) is 32.0 Å². The summed E-state index contributed by atoms with van der Waals surface area (Å²) in [5.74, 6) is 0. The van der Waals surface area contributed by atoms with Crippen molar-refractivity contribution >= 4 is 11.8 Å². The highest BCUT2D eigenvalue weighted by Crippen LogP contribution is 2.42. The van der Waals surface area contributed by atoms with E-state index in [4.69, 9.17) is 4.98 Å². The summed E-state index contributed by atoms with van der Waals surface area (Å²) in [4.78, 5) is 17.7. The van der Waals surface area contributed by atoms with Crippen LogP contribution in [0.2, 0.25) is 0 Å². The number of fused-ring (bicyclic) bond motifs is 3. The zero-order valence-electron chi connectivity index (χ0n) is 12.9. The zero-order chi connectivity index (χ0) is 15.2. The second-order valence-corrected chi connectivity index (χ2v) is 6.71. The molecule has 0 amide bonds. The highest BCUT2D eigenvalue weighted by atomic mass is 32.2. The summed E-state index contributed by atoms with van der Waals surface area (Å²) in [6.07, 6.45) is 3.80. The first kappa shape index (κ1) is 14.4. The van der Waals surface area contributed by atoms with Crippen LogP contribution in [0.15, 0.2) is 34.2 Å². The molecule has 1 unspecified atom stereocenters. The molecule has 4 heteroatoms. The van der Waals surface area contributed by atoms with E-state index in [0.29, 0.717) is 0 Å². The summed E-state index contributed by atoms with van der Waals surface area (Å²) < 4.78 is 1.69. The first-order valence-electron chi connectivity index (χ1n) is 7.25. The summed E-state index contributed by atoms with van der Waals surface area (Å²) in [7, 11) is 1.82. The summed E-state index contributed by atoms with van der Waals surface area (Å²) in [5, 5.41) is 0.772. The monoisotopic (exact) mass is 300 g/mol. The van der Waals surface area contributed by atoms with E-state index in [1.165, 1.54) is 17.3 Å². The van der Waals surface area contributed by atoms with Crippen LogP contribution in [-0.2, 0) is 18.9 Å². The smallest absolute Gasteiger partial charge is 0.258 e. The Morgan fingerprint density at radius 1 is 1.38 bits per heavy atom. The first-order chi connectivity index (χ1) is 10.0. The lowest BCUT2D eigenvalue weighted by Crippen LogP contribution is -2.39. The molecule has 0 radical (unpaired) electrons. The summed E-state index contributed by atoms with van der Waals surface area (Å²) in [5.41, 5.74) is 4.14. The van der Waals surface area contributed by atoms with Crippen LogP contribution < -0.4 is 5.56 Å². The van der Waals surface area contributed by atoms with Gasteiger partial charge in [-0.05, 0) is 24.7 Å². The average molecular weight is 300 g/mol. The highest BCUT2D eigenvalue weighted by molar-refractivity contribution is 7.98. The molecule has 1 atom stereocenters. The van der Waals surface area contributed by atoms with Gasteiger partial charge in [-0.25, -0.2) is 4.98 Å². The van der Waals surface area contributed by atoms with E-state index in [-0.39, 0.29) is 11.0 Å². The van der Waals surface area contributed by atoms with E-state index < -0.39 is 0 Å². The van der Waals surface area contributed by atoms with Crippen LogP contribution in [0, 0.1) is 0 Å². The Balaban J connectivity index is 2.43. The van der Waals surface area contributed by atoms with Crippen molar-refractivity contribution in [1.82, 2.24) is 9.55 Å². The van der Waals surface area contributed by atoms with Gasteiger partial charge in [0, 0.05) is 18.0 Å². The third kappa shape index (κ3) is 2.04. The van der Waals surface area contributed by atoms with Crippen LogP contribution in [0.5, 0.6) is 0 Å². The van der Waals surface area contributed by atoms with Gasteiger partial charge in [0.2, 0.25) is 0 Å². The van der Waals surface area contributed by atoms with E-state index >= 15 is 0 Å². The van der Waals surface area contributed by atoms with Crippen LogP contribution >= 0.6 is 11.8 Å². The SMILES string of the molecule is CCC1(C)Cc2ccccc2-c2nc(SC)n(C)c(=O)c21. The van der Waals surface area contributed by atoms with Crippen molar-refractivity contribution in [2.45, 2.75) is 37.3 Å². The van der Waals surface area contributed by atoms with Crippen molar-refractivity contribution in [3.05, 3.63) is 45.7 Å². The van der Waals surface area contributed by atoms with Gasteiger partial charge in [-0.3, -0.25) is 9.36 Å². The molecule has 0 N–H and O–H groups in total. The topological polar surface area (TPSA) is 34.9 Å². The molecule has 0 saturated carbocycles. The summed E-state index contributed by atoms with van der Waals surface area (Å²) >= 11 is 1.52. The molecule has 0 saturated heterocycles. The standard InChI is InChI=1S/C17H20N2OS/c1-5-17(2)10-11-8-6-7-9-12(11)14-13(17)15(20)19(3)16(18-14)21-4/h6-9H,5,10H2,1-4H3. The maximum Gasteiger partial charge on any atom is 0.258 e. The fourth-order valence-electron chi connectivity index (χ4n) is 3.22. The molecule has 3 nitrogen and oxygen atoms in total. The Morgan fingerprint density at radius 2 is 2.10 bits per heavy atom. The third-order valence-corrected chi connectivity index (χ3v) is 5.40. The minimum absolute atomic E-state index is 0.100. The lowest BCUT2D eigenvalue weighted by atomic mass is 9.69. The van der Waals surface area contributed by atoms with Gasteiger partial charge in [0.15, 0.2) is 5.16 Å². The Bertz CT molecular complexity index is 766. The van der Waals surface area contributed by atoms with Gasteiger partial charge in [-0.2, -0.15) is 0 Å². The Morgan fingerprint density at radius 3 is 2.76 bits per heavy atom. The van der Waals surface area contributed by atoms with E-state index in [0.717, 1.165) is 34.8 Å². The summed E-state index contributed by atoms with van der Waals surface area (Å²) in [6.45, 7) is 4.34. The predicted octanol–water partition coefficient (Wildman–Crippen LogP) is 3.39. The van der Waals surface area contributed by atoms with Gasteiger partial charge in [0.25, 0.3) is 5.56 Å². The van der Waals surface area contributed by atoms with E-state index in [1.807, 2.05) is 19.4 Å². The Kier molecular flexibility index (Phi) is 3.44. The van der Waals surface area contributed by atoms with Crippen molar-refractivity contribution < 1.29 is 0 Å². The molecule has 0 bridgehead atoms. The van der Waals surface area contributed by atoms with Crippen molar-refractivity contribution in [2.24, 2.45) is 7.05 Å². The molecule has 110 valence electrons. The van der Waals surface area contributed by atoms with E-state index in [1.54, 1.807) is 4.57 Å². The van der Waals surface area contributed by atoms with Crippen LogP contribution in [-0.4, -0.2) is 15.8 Å². The van der Waals surface area contributed by atoms with Gasteiger partial charge < -0.3 is 0 Å². The Hall–Kier alpha value is -1.55. The molecular weight excluding hydrogens is 280 g/mol. The maximum absolute atomic E-state index is 12.9. The average Bonchev–Trinajstić information content (AvgIpc) is 2.50. The largest absolute Gasteiger partial charge is 0.290 e. The molecule has 0 aliphatic heterocycles. The Labute approximate surface area is 129 Å². The van der Waals surface area contributed by atoms with Crippen LogP contribution in [0.3, 0.4) is 0 Å². The van der Waals surface area contributed by atoms with Crippen LogP contribution in [0.25, 0.3) is 11.3 Å². The second kappa shape index (κ2) is 5.02. The van der Waals surface area contributed by atoms with Gasteiger partial charge >= 0.3 is 0 Å². The number of nitrogens with zero attached hydrogens (tertiary/aromatic N) is 2. The minimum Gasteiger partial charge on any atom is -0.290 e. The van der Waals surface area contributed by atoms with Crippen molar-refractivity contribution in [3.63, 3.8) is 0 Å². The van der Waals surface area contributed by atoms with Crippen LogP contribution in [0.1, 0.15) is 31.4 Å². The molecular formula is C17H20N2OS. The number of thioether (sulfide) groups is 1. The van der Waals surface area contributed by atoms with Gasteiger partial charge in [0.05, 0.1) is 11.3 Å².